The van der Waals surface area contributed by atoms with Gasteiger partial charge in [0.1, 0.15) is 5.58 Å². The van der Waals surface area contributed by atoms with Crippen molar-refractivity contribution in [2.45, 2.75) is 0 Å². The predicted molar refractivity (Wildman–Crippen MR) is 237 cm³/mol. The summed E-state index contributed by atoms with van der Waals surface area (Å²) >= 11 is 0. The van der Waals surface area contributed by atoms with E-state index in [1.165, 1.54) is 54.2 Å². The number of para-hydroxylation sites is 3. The Morgan fingerprint density at radius 2 is 0.714 bits per heavy atom. The highest BCUT2D eigenvalue weighted by Crippen LogP contribution is 2.52. The molecule has 0 fully saturated rings. The van der Waals surface area contributed by atoms with Crippen LogP contribution < -0.4 is 4.90 Å². The normalized spacial score (nSPS) is 11.6. The van der Waals surface area contributed by atoms with Crippen molar-refractivity contribution in [3.05, 3.63) is 212 Å². The van der Waals surface area contributed by atoms with Gasteiger partial charge in [-0.25, -0.2) is 0 Å². The topological polar surface area (TPSA) is 16.4 Å². The highest BCUT2D eigenvalue weighted by molar-refractivity contribution is 6.17. The smallest absolute Gasteiger partial charge is 0.213 e. The van der Waals surface area contributed by atoms with E-state index in [1.807, 2.05) is 0 Å². The fourth-order valence-electron chi connectivity index (χ4n) is 8.77. The van der Waals surface area contributed by atoms with Gasteiger partial charge in [-0.2, -0.15) is 0 Å². The lowest BCUT2D eigenvalue weighted by Crippen LogP contribution is -2.13. The van der Waals surface area contributed by atoms with Crippen LogP contribution in [0.25, 0.3) is 87.4 Å². The Balaban J connectivity index is 1.27. The minimum Gasteiger partial charge on any atom is -0.439 e. The van der Waals surface area contributed by atoms with Crippen molar-refractivity contribution in [2.24, 2.45) is 0 Å². The average Bonchev–Trinajstić information content (AvgIpc) is 3.66. The second kappa shape index (κ2) is 13.2. The molecular formula is C54H35NO. The molecule has 11 rings (SSSR count). The summed E-state index contributed by atoms with van der Waals surface area (Å²) in [4.78, 5) is 2.38. The molecule has 56 heavy (non-hydrogen) atoms. The van der Waals surface area contributed by atoms with Gasteiger partial charge >= 0.3 is 0 Å². The summed E-state index contributed by atoms with van der Waals surface area (Å²) in [7, 11) is 0. The summed E-state index contributed by atoms with van der Waals surface area (Å²) in [6.07, 6.45) is 0. The second-order valence-electron chi connectivity index (χ2n) is 14.4. The van der Waals surface area contributed by atoms with Crippen molar-refractivity contribution < 1.29 is 4.42 Å². The molecule has 0 bridgehead atoms. The van der Waals surface area contributed by atoms with Crippen molar-refractivity contribution in [1.29, 1.82) is 0 Å². The maximum atomic E-state index is 7.15. The maximum absolute atomic E-state index is 7.15. The van der Waals surface area contributed by atoms with E-state index in [0.29, 0.717) is 0 Å². The van der Waals surface area contributed by atoms with E-state index in [1.54, 1.807) is 0 Å². The highest BCUT2D eigenvalue weighted by Gasteiger charge is 2.29. The first kappa shape index (κ1) is 32.0. The van der Waals surface area contributed by atoms with Gasteiger partial charge in [-0.15, -0.1) is 0 Å². The third kappa shape index (κ3) is 5.11. The standard InChI is InChI=1S/C54H35NO/c1-2-18-36(19-3-1)53-47-30-14-17-33-52(47)56-54(53)55(50-31-15-12-28-45(50)48-34-37-20-4-6-22-39(37)41-24-8-10-26-43(41)48)51-32-16-13-29-46(51)49-35-38-21-5-7-23-40(38)42-25-9-11-27-44(42)49/h1-35H. The molecule has 2 nitrogen and oxygen atoms in total. The number of benzene rings is 10. The van der Waals surface area contributed by atoms with Crippen LogP contribution in [0.4, 0.5) is 17.3 Å². The van der Waals surface area contributed by atoms with Crippen molar-refractivity contribution >= 4 is 71.3 Å². The van der Waals surface area contributed by atoms with Crippen molar-refractivity contribution in [3.63, 3.8) is 0 Å². The number of anilines is 3. The van der Waals surface area contributed by atoms with E-state index in [2.05, 4.69) is 217 Å². The van der Waals surface area contributed by atoms with Gasteiger partial charge < -0.3 is 4.42 Å². The average molecular weight is 714 g/mol. The van der Waals surface area contributed by atoms with Gasteiger partial charge in [-0.3, -0.25) is 4.90 Å². The van der Waals surface area contributed by atoms with E-state index >= 15 is 0 Å². The monoisotopic (exact) mass is 713 g/mol. The van der Waals surface area contributed by atoms with Crippen molar-refractivity contribution in [3.8, 4) is 33.4 Å². The summed E-state index contributed by atoms with van der Waals surface area (Å²) in [5, 5.41) is 10.9. The first-order chi connectivity index (χ1) is 27.8. The molecule has 0 N–H and O–H groups in total. The van der Waals surface area contributed by atoms with Crippen LogP contribution in [0, 0.1) is 0 Å². The molecule has 2 heteroatoms. The molecule has 0 saturated heterocycles. The minimum absolute atomic E-state index is 0.771. The molecule has 0 spiro atoms. The third-order valence-corrected chi connectivity index (χ3v) is 11.2. The Morgan fingerprint density at radius 3 is 1.27 bits per heavy atom. The van der Waals surface area contributed by atoms with Gasteiger partial charge in [0.2, 0.25) is 5.88 Å². The molecule has 0 amide bonds. The number of hydrogen-bond donors (Lipinski definition) is 0. The fraction of sp³-hybridized carbons (Fsp3) is 0. The maximum Gasteiger partial charge on any atom is 0.213 e. The molecule has 10 aromatic carbocycles. The molecular weight excluding hydrogens is 679 g/mol. The van der Waals surface area contributed by atoms with Gasteiger partial charge in [0.05, 0.1) is 16.9 Å². The zero-order valence-electron chi connectivity index (χ0n) is 30.6. The number of nitrogens with zero attached hydrogens (tertiary/aromatic N) is 1. The predicted octanol–water partition coefficient (Wildman–Crippen LogP) is 15.5. The lowest BCUT2D eigenvalue weighted by molar-refractivity contribution is 0.622. The van der Waals surface area contributed by atoms with E-state index in [9.17, 15) is 0 Å². The SMILES string of the molecule is c1ccc(-c2c(N(c3ccccc3-c3cc4ccccc4c4ccccc34)c3ccccc3-c3cc4ccccc4c4ccccc34)oc3ccccc23)cc1. The summed E-state index contributed by atoms with van der Waals surface area (Å²) in [6.45, 7) is 0. The van der Waals surface area contributed by atoms with Crippen LogP contribution in [0.15, 0.2) is 217 Å². The van der Waals surface area contributed by atoms with Gasteiger partial charge in [-0.05, 0) is 90.1 Å². The van der Waals surface area contributed by atoms with Crippen LogP contribution >= 0.6 is 0 Å². The van der Waals surface area contributed by atoms with Gasteiger partial charge in [0.15, 0.2) is 0 Å². The number of furan rings is 1. The minimum atomic E-state index is 0.771. The number of fused-ring (bicyclic) bond motifs is 7. The second-order valence-corrected chi connectivity index (χ2v) is 14.4. The first-order valence-corrected chi connectivity index (χ1v) is 19.2. The Labute approximate surface area is 325 Å². The molecule has 0 aliphatic heterocycles. The molecule has 11 aromatic rings. The van der Waals surface area contributed by atoms with Crippen molar-refractivity contribution in [2.75, 3.05) is 4.90 Å². The number of hydrogen-bond acceptors (Lipinski definition) is 2. The molecule has 1 heterocycles. The lowest BCUT2D eigenvalue weighted by Gasteiger charge is -2.29. The van der Waals surface area contributed by atoms with E-state index < -0.39 is 0 Å². The summed E-state index contributed by atoms with van der Waals surface area (Å²) < 4.78 is 7.15. The largest absolute Gasteiger partial charge is 0.439 e. The number of rotatable bonds is 6. The molecule has 0 radical (unpaired) electrons. The summed E-state index contributed by atoms with van der Waals surface area (Å²) in [6, 6.07) is 76.4. The lowest BCUT2D eigenvalue weighted by atomic mass is 9.90. The van der Waals surface area contributed by atoms with Crippen LogP contribution in [0.5, 0.6) is 0 Å². The van der Waals surface area contributed by atoms with Gasteiger partial charge in [-0.1, -0.05) is 182 Å². The van der Waals surface area contributed by atoms with Crippen LogP contribution in [0.1, 0.15) is 0 Å². The summed E-state index contributed by atoms with van der Waals surface area (Å²) in [5.74, 6) is 0.771. The third-order valence-electron chi connectivity index (χ3n) is 11.2. The molecule has 0 atom stereocenters. The fourth-order valence-corrected chi connectivity index (χ4v) is 8.77. The Morgan fingerprint density at radius 1 is 0.304 bits per heavy atom. The van der Waals surface area contributed by atoms with Crippen LogP contribution in [-0.2, 0) is 0 Å². The Kier molecular flexibility index (Phi) is 7.53. The van der Waals surface area contributed by atoms with Crippen LogP contribution in [0.2, 0.25) is 0 Å². The zero-order chi connectivity index (χ0) is 37.0. The zero-order valence-corrected chi connectivity index (χ0v) is 30.6. The van der Waals surface area contributed by atoms with E-state index in [0.717, 1.165) is 50.5 Å². The van der Waals surface area contributed by atoms with Gasteiger partial charge in [0.25, 0.3) is 0 Å². The molecule has 262 valence electrons. The van der Waals surface area contributed by atoms with E-state index in [4.69, 9.17) is 4.42 Å². The molecule has 0 saturated carbocycles. The van der Waals surface area contributed by atoms with Crippen LogP contribution in [0.3, 0.4) is 0 Å². The van der Waals surface area contributed by atoms with Gasteiger partial charge in [0, 0.05) is 16.5 Å². The Hall–Kier alpha value is -7.42. The van der Waals surface area contributed by atoms with Crippen LogP contribution in [-0.4, -0.2) is 0 Å². The first-order valence-electron chi connectivity index (χ1n) is 19.2. The highest BCUT2D eigenvalue weighted by atomic mass is 16.4. The summed E-state index contributed by atoms with van der Waals surface area (Å²) in [5.41, 5.74) is 9.63. The van der Waals surface area contributed by atoms with Crippen molar-refractivity contribution in [1.82, 2.24) is 0 Å². The van der Waals surface area contributed by atoms with E-state index in [-0.39, 0.29) is 0 Å². The Bertz CT molecular complexity index is 3100. The molecule has 0 aliphatic rings. The molecule has 1 aromatic heterocycles. The molecule has 0 aliphatic carbocycles. The quantitative estimate of drug-likeness (QED) is 0.160. The molecule has 0 unspecified atom stereocenters.